The molecule has 4 heteroatoms. The van der Waals surface area contributed by atoms with E-state index in [1.165, 1.54) is 6.08 Å². The van der Waals surface area contributed by atoms with Crippen LogP contribution in [0.2, 0.25) is 0 Å². The highest BCUT2D eigenvalue weighted by atomic mass is 16.5. The number of rotatable bonds is 10. The molecule has 0 fully saturated rings. The van der Waals surface area contributed by atoms with Crippen molar-refractivity contribution in [3.63, 3.8) is 0 Å². The van der Waals surface area contributed by atoms with Crippen molar-refractivity contribution in [1.82, 2.24) is 5.32 Å². The number of carbonyl (C=O) groups excluding carboxylic acids is 1. The molecule has 144 valence electrons. The molecule has 1 atom stereocenters. The lowest BCUT2D eigenvalue weighted by molar-refractivity contribution is -0.117. The SMILES string of the molecule is CCCCCOc1ccc(/C=C/C(=O)NC(C)c2ccccc2)cc1OC. The summed E-state index contributed by atoms with van der Waals surface area (Å²) in [5, 5.41) is 2.96. The molecule has 0 saturated heterocycles. The van der Waals surface area contributed by atoms with Crippen LogP contribution in [-0.2, 0) is 4.79 Å². The fourth-order valence-corrected chi connectivity index (χ4v) is 2.70. The van der Waals surface area contributed by atoms with Crippen LogP contribution >= 0.6 is 0 Å². The Labute approximate surface area is 162 Å². The Balaban J connectivity index is 1.94. The number of hydrogen-bond acceptors (Lipinski definition) is 3. The van der Waals surface area contributed by atoms with Gasteiger partial charge in [-0.3, -0.25) is 4.79 Å². The van der Waals surface area contributed by atoms with Gasteiger partial charge in [-0.2, -0.15) is 0 Å². The summed E-state index contributed by atoms with van der Waals surface area (Å²) < 4.78 is 11.2. The first kappa shape index (κ1) is 20.6. The van der Waals surface area contributed by atoms with Crippen LogP contribution in [0.1, 0.15) is 50.3 Å². The average molecular weight is 367 g/mol. The normalized spacial score (nSPS) is 12.0. The van der Waals surface area contributed by atoms with Gasteiger partial charge in [0.2, 0.25) is 5.91 Å². The molecule has 2 aromatic carbocycles. The third kappa shape index (κ3) is 6.81. The van der Waals surface area contributed by atoms with E-state index in [0.717, 1.165) is 36.1 Å². The maximum Gasteiger partial charge on any atom is 0.244 e. The Hall–Kier alpha value is -2.75. The molecule has 4 nitrogen and oxygen atoms in total. The van der Waals surface area contributed by atoms with Gasteiger partial charge in [0.25, 0.3) is 0 Å². The zero-order valence-electron chi connectivity index (χ0n) is 16.4. The first-order valence-corrected chi connectivity index (χ1v) is 9.48. The van der Waals surface area contributed by atoms with Crippen molar-refractivity contribution < 1.29 is 14.3 Å². The molecule has 0 heterocycles. The lowest BCUT2D eigenvalue weighted by atomic mass is 10.1. The summed E-state index contributed by atoms with van der Waals surface area (Å²) in [6.07, 6.45) is 6.66. The molecule has 2 rings (SSSR count). The van der Waals surface area contributed by atoms with Crippen molar-refractivity contribution in [3.05, 3.63) is 65.7 Å². The second kappa shape index (κ2) is 11.1. The summed E-state index contributed by atoms with van der Waals surface area (Å²) in [4.78, 5) is 12.2. The zero-order valence-corrected chi connectivity index (χ0v) is 16.4. The van der Waals surface area contributed by atoms with Crippen molar-refractivity contribution in [3.8, 4) is 11.5 Å². The van der Waals surface area contributed by atoms with Gasteiger partial charge in [0.1, 0.15) is 0 Å². The summed E-state index contributed by atoms with van der Waals surface area (Å²) in [7, 11) is 1.62. The largest absolute Gasteiger partial charge is 0.493 e. The molecular weight excluding hydrogens is 338 g/mol. The van der Waals surface area contributed by atoms with Gasteiger partial charge < -0.3 is 14.8 Å². The monoisotopic (exact) mass is 367 g/mol. The molecule has 1 N–H and O–H groups in total. The summed E-state index contributed by atoms with van der Waals surface area (Å²) in [6, 6.07) is 15.5. The smallest absolute Gasteiger partial charge is 0.244 e. The second-order valence-corrected chi connectivity index (χ2v) is 6.44. The molecule has 27 heavy (non-hydrogen) atoms. The second-order valence-electron chi connectivity index (χ2n) is 6.44. The summed E-state index contributed by atoms with van der Waals surface area (Å²) in [5.41, 5.74) is 1.96. The molecular formula is C23H29NO3. The van der Waals surface area contributed by atoms with Gasteiger partial charge in [0.15, 0.2) is 11.5 Å². The van der Waals surface area contributed by atoms with Crippen LogP contribution in [0, 0.1) is 0 Å². The fourth-order valence-electron chi connectivity index (χ4n) is 2.70. The van der Waals surface area contributed by atoms with Crippen LogP contribution in [0.25, 0.3) is 6.08 Å². The molecule has 0 aliphatic rings. The van der Waals surface area contributed by atoms with Crippen molar-refractivity contribution in [2.75, 3.05) is 13.7 Å². The van der Waals surface area contributed by atoms with Crippen molar-refractivity contribution in [1.29, 1.82) is 0 Å². The topological polar surface area (TPSA) is 47.6 Å². The lowest BCUT2D eigenvalue weighted by Crippen LogP contribution is -2.24. The van der Waals surface area contributed by atoms with Gasteiger partial charge in [-0.05, 0) is 42.7 Å². The minimum atomic E-state index is -0.134. The number of unbranched alkanes of at least 4 members (excludes halogenated alkanes) is 2. The van der Waals surface area contributed by atoms with E-state index in [1.54, 1.807) is 13.2 Å². The Morgan fingerprint density at radius 2 is 1.89 bits per heavy atom. The van der Waals surface area contributed by atoms with E-state index in [4.69, 9.17) is 9.47 Å². The highest BCUT2D eigenvalue weighted by molar-refractivity contribution is 5.92. The van der Waals surface area contributed by atoms with Crippen LogP contribution in [0.5, 0.6) is 11.5 Å². The Morgan fingerprint density at radius 3 is 2.59 bits per heavy atom. The lowest BCUT2D eigenvalue weighted by Gasteiger charge is -2.13. The average Bonchev–Trinajstić information content (AvgIpc) is 2.70. The maximum absolute atomic E-state index is 12.2. The van der Waals surface area contributed by atoms with E-state index in [0.29, 0.717) is 12.4 Å². The first-order valence-electron chi connectivity index (χ1n) is 9.48. The molecule has 0 aliphatic carbocycles. The molecule has 1 amide bonds. The van der Waals surface area contributed by atoms with E-state index >= 15 is 0 Å². The number of amides is 1. The highest BCUT2D eigenvalue weighted by Crippen LogP contribution is 2.28. The van der Waals surface area contributed by atoms with Gasteiger partial charge in [-0.25, -0.2) is 0 Å². The predicted molar refractivity (Wildman–Crippen MR) is 110 cm³/mol. The van der Waals surface area contributed by atoms with E-state index in [-0.39, 0.29) is 11.9 Å². The molecule has 0 bridgehead atoms. The summed E-state index contributed by atoms with van der Waals surface area (Å²) in [6.45, 7) is 4.81. The molecule has 0 aromatic heterocycles. The summed E-state index contributed by atoms with van der Waals surface area (Å²) in [5.74, 6) is 1.27. The fraction of sp³-hybridized carbons (Fsp3) is 0.348. The number of carbonyl (C=O) groups is 1. The van der Waals surface area contributed by atoms with Gasteiger partial charge in [0, 0.05) is 6.08 Å². The van der Waals surface area contributed by atoms with Crippen LogP contribution in [0.3, 0.4) is 0 Å². The maximum atomic E-state index is 12.2. The van der Waals surface area contributed by atoms with Gasteiger partial charge in [0.05, 0.1) is 19.8 Å². The van der Waals surface area contributed by atoms with Crippen LogP contribution in [0.15, 0.2) is 54.6 Å². The van der Waals surface area contributed by atoms with E-state index in [2.05, 4.69) is 12.2 Å². The molecule has 0 saturated carbocycles. The van der Waals surface area contributed by atoms with Crippen LogP contribution < -0.4 is 14.8 Å². The summed E-state index contributed by atoms with van der Waals surface area (Å²) >= 11 is 0. The Bertz CT molecular complexity index is 741. The number of nitrogens with one attached hydrogen (secondary N) is 1. The molecule has 2 aromatic rings. The molecule has 0 radical (unpaired) electrons. The number of ether oxygens (including phenoxy) is 2. The molecule has 1 unspecified atom stereocenters. The molecule has 0 aliphatic heterocycles. The van der Waals surface area contributed by atoms with Gasteiger partial charge in [-0.15, -0.1) is 0 Å². The first-order chi connectivity index (χ1) is 13.1. The Kier molecular flexibility index (Phi) is 8.43. The third-order valence-electron chi connectivity index (χ3n) is 4.28. The minimum Gasteiger partial charge on any atom is -0.493 e. The highest BCUT2D eigenvalue weighted by Gasteiger charge is 2.07. The zero-order chi connectivity index (χ0) is 19.5. The van der Waals surface area contributed by atoms with Gasteiger partial charge >= 0.3 is 0 Å². The van der Waals surface area contributed by atoms with Crippen molar-refractivity contribution in [2.24, 2.45) is 0 Å². The van der Waals surface area contributed by atoms with E-state index in [9.17, 15) is 4.79 Å². The number of hydrogen-bond donors (Lipinski definition) is 1. The van der Waals surface area contributed by atoms with E-state index < -0.39 is 0 Å². The van der Waals surface area contributed by atoms with Crippen LogP contribution in [0.4, 0.5) is 0 Å². The van der Waals surface area contributed by atoms with Crippen LogP contribution in [-0.4, -0.2) is 19.6 Å². The third-order valence-corrected chi connectivity index (χ3v) is 4.28. The van der Waals surface area contributed by atoms with Crippen molar-refractivity contribution >= 4 is 12.0 Å². The van der Waals surface area contributed by atoms with Gasteiger partial charge in [-0.1, -0.05) is 56.2 Å². The minimum absolute atomic E-state index is 0.0446. The quantitative estimate of drug-likeness (QED) is 0.466. The Morgan fingerprint density at radius 1 is 1.11 bits per heavy atom. The van der Waals surface area contributed by atoms with Crippen molar-refractivity contribution in [2.45, 2.75) is 39.2 Å². The van der Waals surface area contributed by atoms with E-state index in [1.807, 2.05) is 55.5 Å². The molecule has 0 spiro atoms. The number of methoxy groups -OCH3 is 1. The predicted octanol–water partition coefficient (Wildman–Crippen LogP) is 5.15. The number of benzene rings is 2. The standard InChI is InChI=1S/C23H29NO3/c1-4-5-9-16-27-21-14-12-19(17-22(21)26-3)13-15-23(25)24-18(2)20-10-7-6-8-11-20/h6-8,10-15,17-18H,4-5,9,16H2,1-3H3,(H,24,25)/b15-13+.